The van der Waals surface area contributed by atoms with Gasteiger partial charge >= 0.3 is 0 Å². The van der Waals surface area contributed by atoms with Gasteiger partial charge in [-0.15, -0.1) is 0 Å². The Bertz CT molecular complexity index is 464. The molecule has 2 unspecified atom stereocenters. The van der Waals surface area contributed by atoms with Crippen LogP contribution in [0.5, 0.6) is 0 Å². The lowest BCUT2D eigenvalue weighted by molar-refractivity contribution is -0.127. The molecule has 0 bridgehead atoms. The first-order valence-corrected chi connectivity index (χ1v) is 6.78. The maximum Gasteiger partial charge on any atom is 0.246 e. The van der Waals surface area contributed by atoms with Crippen molar-refractivity contribution in [1.82, 2.24) is 4.90 Å². The molecule has 2 rings (SSSR count). The van der Waals surface area contributed by atoms with Gasteiger partial charge in [0, 0.05) is 12.6 Å². The second-order valence-electron chi connectivity index (χ2n) is 5.29. The summed E-state index contributed by atoms with van der Waals surface area (Å²) < 4.78 is 0. The summed E-state index contributed by atoms with van der Waals surface area (Å²) in [5, 5.41) is 9.35. The number of likely N-dealkylation sites (tertiary alicyclic amines) is 1. The van der Waals surface area contributed by atoms with E-state index in [1.54, 1.807) is 11.0 Å². The topological polar surface area (TPSA) is 40.5 Å². The van der Waals surface area contributed by atoms with Gasteiger partial charge in [-0.2, -0.15) is 0 Å². The van der Waals surface area contributed by atoms with E-state index in [-0.39, 0.29) is 18.6 Å². The predicted molar refractivity (Wildman–Crippen MR) is 76.6 cm³/mol. The van der Waals surface area contributed by atoms with Gasteiger partial charge in [0.1, 0.15) is 0 Å². The average Bonchev–Trinajstić information content (AvgIpc) is 2.79. The van der Waals surface area contributed by atoms with Crippen LogP contribution in [0.3, 0.4) is 0 Å². The van der Waals surface area contributed by atoms with E-state index in [0.29, 0.717) is 5.92 Å². The second-order valence-corrected chi connectivity index (χ2v) is 5.29. The van der Waals surface area contributed by atoms with Crippen molar-refractivity contribution >= 4 is 12.0 Å². The number of rotatable bonds is 3. The highest BCUT2D eigenvalue weighted by Gasteiger charge is 2.32. The molecule has 3 heteroatoms. The molecule has 1 aromatic carbocycles. The van der Waals surface area contributed by atoms with E-state index in [0.717, 1.165) is 18.5 Å². The summed E-state index contributed by atoms with van der Waals surface area (Å²) in [5.41, 5.74) is 2.23. The monoisotopic (exact) mass is 259 g/mol. The van der Waals surface area contributed by atoms with Crippen LogP contribution in [0.4, 0.5) is 0 Å². The molecule has 2 atom stereocenters. The van der Waals surface area contributed by atoms with Crippen molar-refractivity contribution in [3.8, 4) is 0 Å². The smallest absolute Gasteiger partial charge is 0.246 e. The Kier molecular flexibility index (Phi) is 4.38. The molecule has 1 aliphatic heterocycles. The van der Waals surface area contributed by atoms with Gasteiger partial charge in [0.15, 0.2) is 0 Å². The number of carbonyl (C=O) groups is 1. The Morgan fingerprint density at radius 2 is 2.11 bits per heavy atom. The fourth-order valence-corrected chi connectivity index (χ4v) is 2.50. The minimum Gasteiger partial charge on any atom is -0.394 e. The van der Waals surface area contributed by atoms with E-state index in [1.807, 2.05) is 37.3 Å². The molecule has 1 amide bonds. The Morgan fingerprint density at radius 3 is 2.74 bits per heavy atom. The summed E-state index contributed by atoms with van der Waals surface area (Å²) in [7, 11) is 0. The first kappa shape index (κ1) is 13.8. The number of amides is 1. The number of carbonyl (C=O) groups excluding carboxylic acids is 1. The highest BCUT2D eigenvalue weighted by Crippen LogP contribution is 2.23. The third-order valence-electron chi connectivity index (χ3n) is 3.85. The minimum atomic E-state index is -0.0323. The zero-order chi connectivity index (χ0) is 13.8. The Hall–Kier alpha value is -1.61. The zero-order valence-corrected chi connectivity index (χ0v) is 11.5. The first-order valence-electron chi connectivity index (χ1n) is 6.78. The summed E-state index contributed by atoms with van der Waals surface area (Å²) in [4.78, 5) is 13.9. The van der Waals surface area contributed by atoms with Crippen molar-refractivity contribution < 1.29 is 9.90 Å². The van der Waals surface area contributed by atoms with Gasteiger partial charge in [-0.3, -0.25) is 4.79 Å². The Labute approximate surface area is 114 Å². The average molecular weight is 259 g/mol. The maximum atomic E-state index is 12.1. The van der Waals surface area contributed by atoms with Crippen LogP contribution in [0.25, 0.3) is 6.08 Å². The van der Waals surface area contributed by atoms with Crippen molar-refractivity contribution in [3.63, 3.8) is 0 Å². The molecule has 1 heterocycles. The SMILES string of the molecule is Cc1ccc(/C=C/C(=O)N2CCC(C)C2CO)cc1. The van der Waals surface area contributed by atoms with Crippen LogP contribution in [0.15, 0.2) is 30.3 Å². The molecule has 1 fully saturated rings. The largest absolute Gasteiger partial charge is 0.394 e. The van der Waals surface area contributed by atoms with Gasteiger partial charge in [0.25, 0.3) is 0 Å². The molecule has 19 heavy (non-hydrogen) atoms. The Balaban J connectivity index is 2.02. The molecule has 3 nitrogen and oxygen atoms in total. The van der Waals surface area contributed by atoms with Gasteiger partial charge in [-0.05, 0) is 30.9 Å². The highest BCUT2D eigenvalue weighted by atomic mass is 16.3. The maximum absolute atomic E-state index is 12.1. The molecule has 1 N–H and O–H groups in total. The molecule has 102 valence electrons. The van der Waals surface area contributed by atoms with Gasteiger partial charge in [0.05, 0.1) is 12.6 Å². The third kappa shape index (κ3) is 3.24. The number of aliphatic hydroxyl groups excluding tert-OH is 1. The van der Waals surface area contributed by atoms with Crippen molar-refractivity contribution in [3.05, 3.63) is 41.5 Å². The van der Waals surface area contributed by atoms with E-state index in [2.05, 4.69) is 6.92 Å². The summed E-state index contributed by atoms with van der Waals surface area (Å²) >= 11 is 0. The standard InChI is InChI=1S/C16H21NO2/c1-12-3-5-14(6-4-12)7-8-16(19)17-10-9-13(2)15(17)11-18/h3-8,13,15,18H,9-11H2,1-2H3/b8-7+. The molecule has 0 aliphatic carbocycles. The summed E-state index contributed by atoms with van der Waals surface area (Å²) in [5.74, 6) is 0.366. The fourth-order valence-electron chi connectivity index (χ4n) is 2.50. The number of hydrogen-bond acceptors (Lipinski definition) is 2. The normalized spacial score (nSPS) is 23.2. The van der Waals surface area contributed by atoms with Crippen LogP contribution < -0.4 is 0 Å². The summed E-state index contributed by atoms with van der Waals surface area (Å²) in [6.07, 6.45) is 4.40. The highest BCUT2D eigenvalue weighted by molar-refractivity contribution is 5.92. The Morgan fingerprint density at radius 1 is 1.42 bits per heavy atom. The van der Waals surface area contributed by atoms with E-state index in [1.165, 1.54) is 5.56 Å². The van der Waals surface area contributed by atoms with Gasteiger partial charge in [-0.25, -0.2) is 0 Å². The lowest BCUT2D eigenvalue weighted by Gasteiger charge is -2.23. The van der Waals surface area contributed by atoms with Crippen LogP contribution in [-0.2, 0) is 4.79 Å². The number of nitrogens with zero attached hydrogens (tertiary/aromatic N) is 1. The van der Waals surface area contributed by atoms with Gasteiger partial charge < -0.3 is 10.0 Å². The predicted octanol–water partition coefficient (Wildman–Crippen LogP) is 2.24. The van der Waals surface area contributed by atoms with E-state index in [9.17, 15) is 9.90 Å². The van der Waals surface area contributed by atoms with Gasteiger partial charge in [-0.1, -0.05) is 36.8 Å². The van der Waals surface area contributed by atoms with E-state index >= 15 is 0 Å². The lowest BCUT2D eigenvalue weighted by atomic mass is 10.0. The zero-order valence-electron chi connectivity index (χ0n) is 11.5. The molecular formula is C16H21NO2. The third-order valence-corrected chi connectivity index (χ3v) is 3.85. The molecule has 1 saturated heterocycles. The molecule has 0 saturated carbocycles. The van der Waals surface area contributed by atoms with E-state index < -0.39 is 0 Å². The van der Waals surface area contributed by atoms with Crippen molar-refractivity contribution in [2.45, 2.75) is 26.3 Å². The summed E-state index contributed by atoms with van der Waals surface area (Å²) in [6, 6.07) is 8.01. The summed E-state index contributed by atoms with van der Waals surface area (Å²) in [6.45, 7) is 4.91. The van der Waals surface area contributed by atoms with E-state index in [4.69, 9.17) is 0 Å². The molecule has 1 aromatic rings. The number of hydrogen-bond donors (Lipinski definition) is 1. The van der Waals surface area contributed by atoms with Crippen LogP contribution in [0.2, 0.25) is 0 Å². The number of benzene rings is 1. The number of aliphatic hydroxyl groups is 1. The van der Waals surface area contributed by atoms with Crippen molar-refractivity contribution in [2.75, 3.05) is 13.2 Å². The first-order chi connectivity index (χ1) is 9.11. The minimum absolute atomic E-state index is 0.0102. The number of aryl methyl sites for hydroxylation is 1. The van der Waals surface area contributed by atoms with Crippen molar-refractivity contribution in [1.29, 1.82) is 0 Å². The molecule has 1 aliphatic rings. The van der Waals surface area contributed by atoms with Crippen LogP contribution in [0.1, 0.15) is 24.5 Å². The van der Waals surface area contributed by atoms with Crippen LogP contribution >= 0.6 is 0 Å². The van der Waals surface area contributed by atoms with Crippen molar-refractivity contribution in [2.24, 2.45) is 5.92 Å². The van der Waals surface area contributed by atoms with Crippen LogP contribution in [0, 0.1) is 12.8 Å². The molecule has 0 aromatic heterocycles. The molecule has 0 radical (unpaired) electrons. The quantitative estimate of drug-likeness (QED) is 0.846. The van der Waals surface area contributed by atoms with Gasteiger partial charge in [0.2, 0.25) is 5.91 Å². The second kappa shape index (κ2) is 6.02. The fraction of sp³-hybridized carbons (Fsp3) is 0.438. The van der Waals surface area contributed by atoms with Crippen LogP contribution in [-0.4, -0.2) is 35.1 Å². The molecular weight excluding hydrogens is 238 g/mol. The lowest BCUT2D eigenvalue weighted by Crippen LogP contribution is -2.38. The molecule has 0 spiro atoms.